The second kappa shape index (κ2) is 7.12. The van der Waals surface area contributed by atoms with Crippen molar-refractivity contribution >= 4 is 21.6 Å². The van der Waals surface area contributed by atoms with Crippen LogP contribution in [-0.2, 0) is 9.84 Å². The Balaban J connectivity index is 2.61. The van der Waals surface area contributed by atoms with Crippen LogP contribution in [0.1, 0.15) is 27.2 Å². The molecule has 1 aliphatic heterocycles. The van der Waals surface area contributed by atoms with E-state index in [0.29, 0.717) is 11.7 Å². The van der Waals surface area contributed by atoms with Crippen LogP contribution in [0, 0.1) is 5.92 Å². The Morgan fingerprint density at radius 3 is 2.67 bits per heavy atom. The van der Waals surface area contributed by atoms with Crippen molar-refractivity contribution in [3.8, 4) is 0 Å². The van der Waals surface area contributed by atoms with Crippen molar-refractivity contribution in [2.75, 3.05) is 30.3 Å². The van der Waals surface area contributed by atoms with E-state index in [-0.39, 0.29) is 17.2 Å². The molecule has 1 aliphatic rings. The van der Waals surface area contributed by atoms with Gasteiger partial charge in [0.2, 0.25) is 0 Å². The summed E-state index contributed by atoms with van der Waals surface area (Å²) in [6.07, 6.45) is 0.873. The van der Waals surface area contributed by atoms with Crippen LogP contribution in [0.5, 0.6) is 0 Å². The molecular formula is C12H26N2O2S2. The molecule has 2 N–H and O–H groups in total. The summed E-state index contributed by atoms with van der Waals surface area (Å²) < 4.78 is 24.1. The molecule has 2 unspecified atom stereocenters. The highest BCUT2D eigenvalue weighted by Gasteiger charge is 2.32. The largest absolute Gasteiger partial charge is 0.327 e. The molecule has 0 bridgehead atoms. The molecule has 0 spiro atoms. The van der Waals surface area contributed by atoms with E-state index in [1.54, 1.807) is 18.7 Å². The SMILES string of the molecule is CCS(=O)(=O)C1CSCCN1CCC(N)C(C)C. The molecule has 1 heterocycles. The summed E-state index contributed by atoms with van der Waals surface area (Å²) in [4.78, 5) is 2.11. The van der Waals surface area contributed by atoms with Gasteiger partial charge in [0.15, 0.2) is 9.84 Å². The fourth-order valence-corrected chi connectivity index (χ4v) is 5.15. The topological polar surface area (TPSA) is 63.4 Å². The number of nitrogens with zero attached hydrogens (tertiary/aromatic N) is 1. The van der Waals surface area contributed by atoms with Crippen molar-refractivity contribution < 1.29 is 8.42 Å². The molecule has 0 amide bonds. The molecular weight excluding hydrogens is 268 g/mol. The zero-order valence-electron chi connectivity index (χ0n) is 11.6. The van der Waals surface area contributed by atoms with Gasteiger partial charge < -0.3 is 5.73 Å². The Morgan fingerprint density at radius 1 is 1.44 bits per heavy atom. The third-order valence-electron chi connectivity index (χ3n) is 3.61. The first kappa shape index (κ1) is 16.3. The smallest absolute Gasteiger partial charge is 0.166 e. The van der Waals surface area contributed by atoms with E-state index in [0.717, 1.165) is 25.3 Å². The van der Waals surface area contributed by atoms with Gasteiger partial charge >= 0.3 is 0 Å². The minimum Gasteiger partial charge on any atom is -0.327 e. The Kier molecular flexibility index (Phi) is 6.44. The first-order valence-electron chi connectivity index (χ1n) is 6.67. The summed E-state index contributed by atoms with van der Waals surface area (Å²) >= 11 is 1.74. The third kappa shape index (κ3) is 4.40. The van der Waals surface area contributed by atoms with Crippen molar-refractivity contribution in [3.05, 3.63) is 0 Å². The average Bonchev–Trinajstić information content (AvgIpc) is 2.36. The highest BCUT2D eigenvalue weighted by molar-refractivity contribution is 8.01. The Hall–Kier alpha value is 0.220. The zero-order valence-corrected chi connectivity index (χ0v) is 13.3. The number of thioether (sulfide) groups is 1. The van der Waals surface area contributed by atoms with Crippen molar-refractivity contribution in [2.24, 2.45) is 11.7 Å². The Morgan fingerprint density at radius 2 is 2.11 bits per heavy atom. The molecule has 108 valence electrons. The lowest BCUT2D eigenvalue weighted by Crippen LogP contribution is -2.49. The lowest BCUT2D eigenvalue weighted by atomic mass is 10.0. The fraction of sp³-hybridized carbons (Fsp3) is 1.00. The molecule has 18 heavy (non-hydrogen) atoms. The summed E-state index contributed by atoms with van der Waals surface area (Å²) in [5.41, 5.74) is 6.04. The van der Waals surface area contributed by atoms with Gasteiger partial charge in [-0.1, -0.05) is 20.8 Å². The van der Waals surface area contributed by atoms with Gasteiger partial charge in [0.05, 0.1) is 0 Å². The van der Waals surface area contributed by atoms with Crippen molar-refractivity contribution in [1.82, 2.24) is 4.90 Å². The predicted molar refractivity (Wildman–Crippen MR) is 79.6 cm³/mol. The average molecular weight is 294 g/mol. The van der Waals surface area contributed by atoms with Crippen molar-refractivity contribution in [2.45, 2.75) is 38.6 Å². The van der Waals surface area contributed by atoms with E-state index in [9.17, 15) is 8.42 Å². The third-order valence-corrected chi connectivity index (χ3v) is 6.95. The maximum absolute atomic E-state index is 12.1. The molecule has 6 heteroatoms. The van der Waals surface area contributed by atoms with E-state index < -0.39 is 9.84 Å². The summed E-state index contributed by atoms with van der Waals surface area (Å²) in [6.45, 7) is 7.60. The van der Waals surface area contributed by atoms with Gasteiger partial charge in [-0.15, -0.1) is 0 Å². The van der Waals surface area contributed by atoms with E-state index >= 15 is 0 Å². The molecule has 0 radical (unpaired) electrons. The lowest BCUT2D eigenvalue weighted by Gasteiger charge is -2.35. The van der Waals surface area contributed by atoms with Crippen LogP contribution in [0.2, 0.25) is 0 Å². The maximum Gasteiger partial charge on any atom is 0.166 e. The highest BCUT2D eigenvalue weighted by atomic mass is 32.2. The van der Waals surface area contributed by atoms with Gasteiger partial charge in [0, 0.05) is 36.4 Å². The van der Waals surface area contributed by atoms with Crippen LogP contribution in [0.15, 0.2) is 0 Å². The molecule has 0 aromatic carbocycles. The van der Waals surface area contributed by atoms with Gasteiger partial charge in [-0.2, -0.15) is 11.8 Å². The van der Waals surface area contributed by atoms with E-state index in [1.165, 1.54) is 0 Å². The quantitative estimate of drug-likeness (QED) is 0.797. The Labute approximate surface area is 116 Å². The maximum atomic E-state index is 12.1. The van der Waals surface area contributed by atoms with Crippen LogP contribution in [0.3, 0.4) is 0 Å². The number of nitrogens with two attached hydrogens (primary N) is 1. The van der Waals surface area contributed by atoms with Crippen LogP contribution in [-0.4, -0.2) is 55.1 Å². The summed E-state index contributed by atoms with van der Waals surface area (Å²) in [5.74, 6) is 2.40. The standard InChI is InChI=1S/C12H26N2O2S2/c1-4-18(15,16)12-9-17-8-7-14(12)6-5-11(13)10(2)3/h10-12H,4-9,13H2,1-3H3. The predicted octanol–water partition coefficient (Wildman–Crippen LogP) is 1.17. The van der Waals surface area contributed by atoms with Crippen LogP contribution in [0.4, 0.5) is 0 Å². The first-order chi connectivity index (χ1) is 8.38. The number of sulfone groups is 1. The van der Waals surface area contributed by atoms with Gasteiger partial charge in [-0.25, -0.2) is 8.42 Å². The van der Waals surface area contributed by atoms with Crippen LogP contribution in [0.25, 0.3) is 0 Å². The van der Waals surface area contributed by atoms with Crippen molar-refractivity contribution in [1.29, 1.82) is 0 Å². The second-order valence-corrected chi connectivity index (χ2v) is 8.81. The summed E-state index contributed by atoms with van der Waals surface area (Å²) in [7, 11) is -2.97. The molecule has 0 saturated carbocycles. The lowest BCUT2D eigenvalue weighted by molar-refractivity contribution is 0.251. The minimum atomic E-state index is -2.97. The van der Waals surface area contributed by atoms with Crippen LogP contribution < -0.4 is 5.73 Å². The number of rotatable bonds is 6. The molecule has 0 aromatic heterocycles. The van der Waals surface area contributed by atoms with E-state index in [4.69, 9.17) is 5.73 Å². The fourth-order valence-electron chi connectivity index (χ4n) is 2.04. The molecule has 0 aliphatic carbocycles. The van der Waals surface area contributed by atoms with Gasteiger partial charge in [0.1, 0.15) is 5.37 Å². The minimum absolute atomic E-state index is 0.157. The van der Waals surface area contributed by atoms with Gasteiger partial charge in [-0.05, 0) is 12.3 Å². The number of hydrogen-bond donors (Lipinski definition) is 1. The summed E-state index contributed by atoms with van der Waals surface area (Å²) in [5, 5.41) is -0.305. The zero-order chi connectivity index (χ0) is 13.8. The molecule has 1 fully saturated rings. The Bertz CT molecular complexity index is 344. The molecule has 4 nitrogen and oxygen atoms in total. The highest BCUT2D eigenvalue weighted by Crippen LogP contribution is 2.22. The van der Waals surface area contributed by atoms with Gasteiger partial charge in [-0.3, -0.25) is 4.90 Å². The molecule has 2 atom stereocenters. The second-order valence-electron chi connectivity index (χ2n) is 5.21. The monoisotopic (exact) mass is 294 g/mol. The molecule has 0 aromatic rings. The van der Waals surface area contributed by atoms with Crippen molar-refractivity contribution in [3.63, 3.8) is 0 Å². The summed E-state index contributed by atoms with van der Waals surface area (Å²) in [6, 6.07) is 0.157. The van der Waals surface area contributed by atoms with E-state index in [1.807, 2.05) is 0 Å². The first-order valence-corrected chi connectivity index (χ1v) is 9.54. The van der Waals surface area contributed by atoms with Gasteiger partial charge in [0.25, 0.3) is 0 Å². The molecule has 1 saturated heterocycles. The van der Waals surface area contributed by atoms with E-state index in [2.05, 4.69) is 18.7 Å². The van der Waals surface area contributed by atoms with Crippen LogP contribution >= 0.6 is 11.8 Å². The normalized spacial score (nSPS) is 24.4. The molecule has 1 rings (SSSR count). The number of hydrogen-bond acceptors (Lipinski definition) is 5.